The predicted octanol–water partition coefficient (Wildman–Crippen LogP) is 4.48. The van der Waals surface area contributed by atoms with E-state index in [4.69, 9.17) is 4.74 Å². The highest BCUT2D eigenvalue weighted by atomic mass is 16.5. The zero-order valence-electron chi connectivity index (χ0n) is 12.9. The predicted molar refractivity (Wildman–Crippen MR) is 87.9 cm³/mol. The summed E-state index contributed by atoms with van der Waals surface area (Å²) in [6.07, 6.45) is 7.34. The van der Waals surface area contributed by atoms with Crippen molar-refractivity contribution in [1.82, 2.24) is 4.98 Å². The molecule has 0 aliphatic heterocycles. The van der Waals surface area contributed by atoms with E-state index in [2.05, 4.69) is 29.4 Å². The lowest BCUT2D eigenvalue weighted by Gasteiger charge is -2.29. The van der Waals surface area contributed by atoms with E-state index in [-0.39, 0.29) is 0 Å². The first kappa shape index (κ1) is 14.2. The van der Waals surface area contributed by atoms with Gasteiger partial charge in [0, 0.05) is 18.1 Å². The van der Waals surface area contributed by atoms with Crippen LogP contribution in [0, 0.1) is 11.8 Å². The molecule has 2 aromatic rings. The number of nitrogens with zero attached hydrogens (tertiary/aromatic N) is 1. The normalized spacial score (nSPS) is 22.2. The van der Waals surface area contributed by atoms with Gasteiger partial charge in [-0.05, 0) is 47.9 Å². The van der Waals surface area contributed by atoms with Crippen molar-refractivity contribution in [2.75, 3.05) is 19.0 Å². The van der Waals surface area contributed by atoms with Crippen molar-refractivity contribution >= 4 is 16.6 Å². The summed E-state index contributed by atoms with van der Waals surface area (Å²) in [5, 5.41) is 5.91. The first-order chi connectivity index (χ1) is 10.3. The van der Waals surface area contributed by atoms with E-state index in [9.17, 15) is 0 Å². The van der Waals surface area contributed by atoms with Gasteiger partial charge in [0.05, 0.1) is 7.11 Å². The maximum Gasteiger partial charge on any atom is 0.133 e. The molecular weight excluding hydrogens is 260 g/mol. The molecule has 1 aromatic carbocycles. The number of hydrogen-bond acceptors (Lipinski definition) is 3. The summed E-state index contributed by atoms with van der Waals surface area (Å²) in [7, 11) is 1.70. The number of nitrogens with one attached hydrogen (secondary N) is 1. The molecule has 1 aromatic heterocycles. The number of rotatable bonds is 4. The van der Waals surface area contributed by atoms with Gasteiger partial charge in [0.2, 0.25) is 0 Å². The molecule has 3 heteroatoms. The van der Waals surface area contributed by atoms with Crippen LogP contribution < -0.4 is 10.1 Å². The van der Waals surface area contributed by atoms with Crippen molar-refractivity contribution in [2.45, 2.75) is 32.6 Å². The van der Waals surface area contributed by atoms with Crippen molar-refractivity contribution in [3.8, 4) is 5.75 Å². The summed E-state index contributed by atoms with van der Waals surface area (Å²) < 4.78 is 5.29. The third-order valence-electron chi connectivity index (χ3n) is 4.79. The van der Waals surface area contributed by atoms with Crippen LogP contribution in [0.15, 0.2) is 30.5 Å². The zero-order chi connectivity index (χ0) is 14.7. The van der Waals surface area contributed by atoms with Crippen molar-refractivity contribution in [2.24, 2.45) is 11.8 Å². The molecule has 0 radical (unpaired) electrons. The lowest BCUT2D eigenvalue weighted by atomic mass is 9.80. The maximum absolute atomic E-state index is 5.29. The Hall–Kier alpha value is -1.77. The minimum Gasteiger partial charge on any atom is -0.497 e. The Balaban J connectivity index is 1.77. The second-order valence-electron chi connectivity index (χ2n) is 6.15. The Morgan fingerprint density at radius 1 is 1.24 bits per heavy atom. The molecule has 1 aliphatic carbocycles. The standard InChI is InChI=1S/C18H24N2O/c1-13-5-3-4-6-15(13)12-20-18-17-8-7-16(21-2)11-14(17)9-10-19-18/h7-11,13,15H,3-6,12H2,1-2H3,(H,19,20). The first-order valence-corrected chi connectivity index (χ1v) is 7.94. The summed E-state index contributed by atoms with van der Waals surface area (Å²) in [5.41, 5.74) is 0. The highest BCUT2D eigenvalue weighted by Crippen LogP contribution is 2.31. The van der Waals surface area contributed by atoms with Crippen LogP contribution in [0.1, 0.15) is 32.6 Å². The minimum atomic E-state index is 0.772. The van der Waals surface area contributed by atoms with Gasteiger partial charge in [0.1, 0.15) is 11.6 Å². The second-order valence-corrected chi connectivity index (χ2v) is 6.15. The van der Waals surface area contributed by atoms with E-state index in [1.807, 2.05) is 18.3 Å². The molecule has 1 heterocycles. The molecule has 0 bridgehead atoms. The Labute approximate surface area is 126 Å². The number of fused-ring (bicyclic) bond motifs is 1. The van der Waals surface area contributed by atoms with E-state index >= 15 is 0 Å². The largest absolute Gasteiger partial charge is 0.497 e. The summed E-state index contributed by atoms with van der Waals surface area (Å²) in [5.74, 6) is 3.48. The van der Waals surface area contributed by atoms with Crippen LogP contribution in [0.2, 0.25) is 0 Å². The Morgan fingerprint density at radius 2 is 2.10 bits per heavy atom. The lowest BCUT2D eigenvalue weighted by Crippen LogP contribution is -2.24. The molecule has 0 spiro atoms. The number of ether oxygens (including phenoxy) is 1. The fourth-order valence-corrected chi connectivity index (χ4v) is 3.35. The topological polar surface area (TPSA) is 34.1 Å². The van der Waals surface area contributed by atoms with Crippen molar-refractivity contribution in [3.63, 3.8) is 0 Å². The molecule has 2 atom stereocenters. The Bertz CT molecular complexity index is 611. The molecule has 3 nitrogen and oxygen atoms in total. The van der Waals surface area contributed by atoms with Gasteiger partial charge < -0.3 is 10.1 Å². The van der Waals surface area contributed by atoms with E-state index in [0.29, 0.717) is 0 Å². The van der Waals surface area contributed by atoms with E-state index in [1.165, 1.54) is 36.5 Å². The average Bonchev–Trinajstić information content (AvgIpc) is 2.53. The Morgan fingerprint density at radius 3 is 2.90 bits per heavy atom. The molecular formula is C18H24N2O. The van der Waals surface area contributed by atoms with E-state index in [1.54, 1.807) is 7.11 Å². The molecule has 3 rings (SSSR count). The monoisotopic (exact) mass is 284 g/mol. The smallest absolute Gasteiger partial charge is 0.133 e. The SMILES string of the molecule is COc1ccc2c(NCC3CCCCC3C)nccc2c1. The van der Waals surface area contributed by atoms with Crippen LogP contribution in [-0.2, 0) is 0 Å². The Kier molecular flexibility index (Phi) is 4.28. The summed E-state index contributed by atoms with van der Waals surface area (Å²) in [6, 6.07) is 8.18. The van der Waals surface area contributed by atoms with E-state index in [0.717, 1.165) is 29.9 Å². The quantitative estimate of drug-likeness (QED) is 0.898. The van der Waals surface area contributed by atoms with E-state index < -0.39 is 0 Å². The molecule has 1 aliphatic rings. The van der Waals surface area contributed by atoms with Gasteiger partial charge in [0.15, 0.2) is 0 Å². The summed E-state index contributed by atoms with van der Waals surface area (Å²) in [6.45, 7) is 3.41. The fraction of sp³-hybridized carbons (Fsp3) is 0.500. The molecule has 2 unspecified atom stereocenters. The molecule has 0 saturated heterocycles. The van der Waals surface area contributed by atoms with Crippen molar-refractivity contribution < 1.29 is 4.74 Å². The summed E-state index contributed by atoms with van der Waals surface area (Å²) >= 11 is 0. The van der Waals surface area contributed by atoms with Gasteiger partial charge in [0.25, 0.3) is 0 Å². The fourth-order valence-electron chi connectivity index (χ4n) is 3.35. The van der Waals surface area contributed by atoms with Crippen LogP contribution in [0.3, 0.4) is 0 Å². The van der Waals surface area contributed by atoms with Gasteiger partial charge in [-0.15, -0.1) is 0 Å². The molecule has 112 valence electrons. The number of aromatic nitrogens is 1. The molecule has 0 amide bonds. The molecule has 21 heavy (non-hydrogen) atoms. The zero-order valence-corrected chi connectivity index (χ0v) is 12.9. The van der Waals surface area contributed by atoms with Crippen LogP contribution in [0.4, 0.5) is 5.82 Å². The third-order valence-corrected chi connectivity index (χ3v) is 4.79. The number of anilines is 1. The lowest BCUT2D eigenvalue weighted by molar-refractivity contribution is 0.268. The van der Waals surface area contributed by atoms with Gasteiger partial charge in [-0.1, -0.05) is 26.2 Å². The van der Waals surface area contributed by atoms with Gasteiger partial charge >= 0.3 is 0 Å². The molecule has 1 saturated carbocycles. The highest BCUT2D eigenvalue weighted by molar-refractivity contribution is 5.92. The minimum absolute atomic E-state index is 0.772. The maximum atomic E-state index is 5.29. The number of benzene rings is 1. The van der Waals surface area contributed by atoms with Gasteiger partial charge in [-0.25, -0.2) is 4.98 Å². The number of pyridine rings is 1. The number of methoxy groups -OCH3 is 1. The van der Waals surface area contributed by atoms with Gasteiger partial charge in [-0.2, -0.15) is 0 Å². The second kappa shape index (κ2) is 6.33. The molecule has 1 N–H and O–H groups in total. The van der Waals surface area contributed by atoms with Crippen molar-refractivity contribution in [1.29, 1.82) is 0 Å². The highest BCUT2D eigenvalue weighted by Gasteiger charge is 2.21. The summed E-state index contributed by atoms with van der Waals surface area (Å²) in [4.78, 5) is 4.52. The first-order valence-electron chi connectivity index (χ1n) is 7.94. The third kappa shape index (κ3) is 3.12. The van der Waals surface area contributed by atoms with Crippen LogP contribution >= 0.6 is 0 Å². The van der Waals surface area contributed by atoms with Crippen LogP contribution in [-0.4, -0.2) is 18.6 Å². The van der Waals surface area contributed by atoms with Crippen LogP contribution in [0.5, 0.6) is 5.75 Å². The van der Waals surface area contributed by atoms with Crippen LogP contribution in [0.25, 0.3) is 10.8 Å². The van der Waals surface area contributed by atoms with Crippen molar-refractivity contribution in [3.05, 3.63) is 30.5 Å². The van der Waals surface area contributed by atoms with Gasteiger partial charge in [-0.3, -0.25) is 0 Å². The molecule has 1 fully saturated rings. The average molecular weight is 284 g/mol. The number of hydrogen-bond donors (Lipinski definition) is 1.